The van der Waals surface area contributed by atoms with Crippen LogP contribution in [0.3, 0.4) is 0 Å². The Hall–Kier alpha value is -10.6. The van der Waals surface area contributed by atoms with Crippen molar-refractivity contribution < 1.29 is 5.11 Å². The van der Waals surface area contributed by atoms with E-state index in [1.54, 1.807) is 0 Å². The van der Waals surface area contributed by atoms with Crippen LogP contribution in [0.15, 0.2) is 249 Å². The molecule has 0 radical (unpaired) electrons. The molecular weight excluding hydrogens is 1090 g/mol. The number of para-hydroxylation sites is 5. The molecule has 6 nitrogen and oxygen atoms in total. The Labute approximate surface area is 525 Å². The lowest BCUT2D eigenvalue weighted by Crippen LogP contribution is -2.17. The SMILES string of the molecule is CC(C)(C)c1ccc2c(c1)-c1cccc(c1)-n1c3ccccc3c3ccc(cc31)-c1ccc(cc1)-c1cccc3c4ccccc4n(c13)-c1ccccc1-c1ccnc(c1)-c1cccc(c1)-c1cccc3c1nc(-c1cc(C(C)(C)C)cc(C(C)(C)C)c1O)n3-2. The number of fused-ring (bicyclic) bond motifs is 6. The van der Waals surface area contributed by atoms with Gasteiger partial charge in [-0.3, -0.25) is 9.55 Å². The third kappa shape index (κ3) is 8.82. The Kier molecular flexibility index (Phi) is 12.3. The van der Waals surface area contributed by atoms with Crippen LogP contribution in [0.5, 0.6) is 5.75 Å². The van der Waals surface area contributed by atoms with Crippen LogP contribution < -0.4 is 0 Å². The van der Waals surface area contributed by atoms with Gasteiger partial charge in [0, 0.05) is 66.8 Å². The molecule has 0 spiro atoms. The fraction of sp³-hybridized carbons (Fsp3) is 0.143. The van der Waals surface area contributed by atoms with E-state index in [0.29, 0.717) is 11.4 Å². The molecule has 0 fully saturated rings. The minimum atomic E-state index is -0.378. The van der Waals surface area contributed by atoms with Crippen LogP contribution in [-0.2, 0) is 16.2 Å². The van der Waals surface area contributed by atoms with Crippen molar-refractivity contribution >= 4 is 54.6 Å². The van der Waals surface area contributed by atoms with Gasteiger partial charge in [0.05, 0.1) is 55.7 Å². The molecule has 15 aromatic rings. The summed E-state index contributed by atoms with van der Waals surface area (Å²) in [6, 6.07) is 89.3. The summed E-state index contributed by atoms with van der Waals surface area (Å²) in [6.45, 7) is 20.1. The Bertz CT molecular complexity index is 5430. The van der Waals surface area contributed by atoms with E-state index in [-0.39, 0.29) is 22.0 Å². The summed E-state index contributed by atoms with van der Waals surface area (Å²) in [5.74, 6) is 0.902. The van der Waals surface area contributed by atoms with Crippen molar-refractivity contribution in [2.75, 3.05) is 0 Å². The van der Waals surface area contributed by atoms with Crippen molar-refractivity contribution in [2.45, 2.75) is 78.6 Å². The van der Waals surface area contributed by atoms with Crippen molar-refractivity contribution in [3.63, 3.8) is 0 Å². The van der Waals surface area contributed by atoms with Crippen molar-refractivity contribution in [1.82, 2.24) is 23.7 Å². The van der Waals surface area contributed by atoms with E-state index in [2.05, 4.69) is 319 Å². The van der Waals surface area contributed by atoms with Crippen molar-refractivity contribution in [1.29, 1.82) is 0 Å². The van der Waals surface area contributed by atoms with Gasteiger partial charge in [-0.2, -0.15) is 0 Å². The maximum absolute atomic E-state index is 13.0. The zero-order valence-corrected chi connectivity index (χ0v) is 52.4. The highest BCUT2D eigenvalue weighted by atomic mass is 16.3. The zero-order chi connectivity index (χ0) is 61.5. The number of imidazole rings is 1. The summed E-state index contributed by atoms with van der Waals surface area (Å²) < 4.78 is 7.24. The summed E-state index contributed by atoms with van der Waals surface area (Å²) in [5, 5.41) is 17.8. The van der Waals surface area contributed by atoms with Crippen LogP contribution >= 0.6 is 0 Å². The van der Waals surface area contributed by atoms with E-state index in [1.165, 1.54) is 27.1 Å². The van der Waals surface area contributed by atoms with Crippen LogP contribution in [0.1, 0.15) is 79.0 Å². The highest BCUT2D eigenvalue weighted by Gasteiger charge is 2.31. The van der Waals surface area contributed by atoms with Crippen molar-refractivity contribution in [3.05, 3.63) is 266 Å². The summed E-state index contributed by atoms with van der Waals surface area (Å²) in [5.41, 5.74) is 25.2. The average molecular weight is 1160 g/mol. The minimum absolute atomic E-state index is 0.173. The number of hydrogen-bond acceptors (Lipinski definition) is 3. The van der Waals surface area contributed by atoms with Crippen LogP contribution in [0.2, 0.25) is 0 Å². The average Bonchev–Trinajstić information content (AvgIpc) is 1.53. The number of pyridine rings is 1. The Morgan fingerprint density at radius 1 is 0.333 bits per heavy atom. The first-order chi connectivity index (χ1) is 43.4. The maximum Gasteiger partial charge on any atom is 0.149 e. The maximum atomic E-state index is 13.0. The first-order valence-electron chi connectivity index (χ1n) is 31.4. The van der Waals surface area contributed by atoms with Gasteiger partial charge in [0.2, 0.25) is 0 Å². The predicted molar refractivity (Wildman–Crippen MR) is 377 cm³/mol. The zero-order valence-electron chi connectivity index (χ0n) is 52.4. The second-order valence-electron chi connectivity index (χ2n) is 27.6. The second kappa shape index (κ2) is 20.2. The fourth-order valence-corrected chi connectivity index (χ4v) is 14.1. The van der Waals surface area contributed by atoms with Crippen LogP contribution in [0.25, 0.3) is 150 Å². The molecule has 0 atom stereocenters. The first kappa shape index (κ1) is 54.8. The molecule has 0 saturated carbocycles. The van der Waals surface area contributed by atoms with Gasteiger partial charge < -0.3 is 14.2 Å². The van der Waals surface area contributed by atoms with E-state index in [1.807, 2.05) is 6.20 Å². The number of aromatic nitrogens is 5. The second-order valence-corrected chi connectivity index (χ2v) is 27.6. The van der Waals surface area contributed by atoms with Gasteiger partial charge in [-0.1, -0.05) is 226 Å². The first-order valence-corrected chi connectivity index (χ1v) is 31.4. The Morgan fingerprint density at radius 2 is 0.911 bits per heavy atom. The molecule has 90 heavy (non-hydrogen) atoms. The molecule has 0 unspecified atom stereocenters. The van der Waals surface area contributed by atoms with Gasteiger partial charge in [-0.15, -0.1) is 0 Å². The third-order valence-electron chi connectivity index (χ3n) is 18.8. The minimum Gasteiger partial charge on any atom is -0.507 e. The monoisotopic (exact) mass is 1160 g/mol. The third-order valence-corrected chi connectivity index (χ3v) is 18.8. The van der Waals surface area contributed by atoms with E-state index < -0.39 is 0 Å². The van der Waals surface area contributed by atoms with Gasteiger partial charge in [0.25, 0.3) is 0 Å². The highest BCUT2D eigenvalue weighted by molar-refractivity contribution is 6.15. The molecule has 6 heteroatoms. The van der Waals surface area contributed by atoms with E-state index in [4.69, 9.17) is 9.97 Å². The normalized spacial score (nSPS) is 12.5. The number of benzene rings is 11. The summed E-state index contributed by atoms with van der Waals surface area (Å²) in [4.78, 5) is 10.9. The summed E-state index contributed by atoms with van der Waals surface area (Å²) in [7, 11) is 0. The molecule has 17 rings (SSSR count). The summed E-state index contributed by atoms with van der Waals surface area (Å²) in [6.07, 6.45) is 1.94. The molecule has 0 aliphatic carbocycles. The molecule has 4 aromatic heterocycles. The van der Waals surface area contributed by atoms with E-state index in [9.17, 15) is 5.11 Å². The number of rotatable bonds is 1. The molecule has 436 valence electrons. The van der Waals surface area contributed by atoms with E-state index >= 15 is 0 Å². The molecule has 11 aromatic carbocycles. The molecular formula is C84H69N5O. The van der Waals surface area contributed by atoms with Crippen molar-refractivity contribution in [2.24, 2.45) is 0 Å². The molecule has 0 saturated heterocycles. The lowest BCUT2D eigenvalue weighted by Gasteiger charge is -2.28. The van der Waals surface area contributed by atoms with Crippen LogP contribution in [0.4, 0.5) is 0 Å². The fourth-order valence-electron chi connectivity index (χ4n) is 14.1. The quantitative estimate of drug-likeness (QED) is 0.178. The number of aromatic hydroxyl groups is 1. The standard InChI is InChI=1S/C84H69N5O/c1-82(2,3)58-39-41-75-68(48-58)55-21-17-23-60(45-55)87-73-31-14-11-25-64(73)66-40-38-53(47-77(66)87)51-34-36-52(37-35-51)63-28-18-29-67-65-26-12-15-32-74(65)88(79(63)67)72-30-13-10-24-61(72)56-42-43-85-71(46-56)57-22-16-20-54(44-57)62-27-19-33-76-78(62)86-81(89(75)76)69-49-59(83(4,5)6)50-70(80(69)90)84(7,8)9/h10-50,90H,1-9H3. The van der Waals surface area contributed by atoms with Gasteiger partial charge >= 0.3 is 0 Å². The predicted octanol–water partition coefficient (Wildman–Crippen LogP) is 22.2. The molecule has 1 N–H and O–H groups in total. The van der Waals surface area contributed by atoms with Crippen LogP contribution in [0, 0.1) is 0 Å². The number of phenols is 1. The highest BCUT2D eigenvalue weighted by Crippen LogP contribution is 2.48. The van der Waals surface area contributed by atoms with Gasteiger partial charge in [-0.25, -0.2) is 4.98 Å². The van der Waals surface area contributed by atoms with Gasteiger partial charge in [-0.05, 0) is 140 Å². The topological polar surface area (TPSA) is 60.8 Å². The number of hydrogen-bond donors (Lipinski definition) is 1. The molecule has 2 aliphatic rings. The van der Waals surface area contributed by atoms with Crippen LogP contribution in [-0.4, -0.2) is 28.8 Å². The smallest absolute Gasteiger partial charge is 0.149 e. The van der Waals surface area contributed by atoms with Crippen molar-refractivity contribution in [3.8, 4) is 101 Å². The molecule has 6 heterocycles. The summed E-state index contributed by atoms with van der Waals surface area (Å²) >= 11 is 0. The Balaban J connectivity index is 1.01. The number of phenolic OH excluding ortho intramolecular Hbond substituents is 1. The van der Waals surface area contributed by atoms with Gasteiger partial charge in [0.15, 0.2) is 0 Å². The molecule has 14 bridgehead atoms. The molecule has 2 aliphatic heterocycles. The number of nitrogens with zero attached hydrogens (tertiary/aromatic N) is 5. The largest absolute Gasteiger partial charge is 0.507 e. The lowest BCUT2D eigenvalue weighted by molar-refractivity contribution is 0.446. The molecule has 0 amide bonds. The lowest BCUT2D eigenvalue weighted by atomic mass is 9.79. The van der Waals surface area contributed by atoms with Gasteiger partial charge in [0.1, 0.15) is 11.6 Å². The van der Waals surface area contributed by atoms with E-state index in [0.717, 1.165) is 128 Å². The Morgan fingerprint density at radius 3 is 1.69 bits per heavy atom.